The molecule has 0 amide bonds. The van der Waals surface area contributed by atoms with Crippen molar-refractivity contribution < 1.29 is 9.84 Å². The molecule has 16 heavy (non-hydrogen) atoms. The molecule has 1 aliphatic rings. The van der Waals surface area contributed by atoms with Crippen molar-refractivity contribution >= 4 is 15.9 Å². The maximum Gasteiger partial charge on any atom is 0.138 e. The van der Waals surface area contributed by atoms with Gasteiger partial charge in [-0.05, 0) is 40.8 Å². The highest BCUT2D eigenvalue weighted by Crippen LogP contribution is 2.31. The van der Waals surface area contributed by atoms with Gasteiger partial charge in [-0.2, -0.15) is 0 Å². The molecule has 0 spiro atoms. The Morgan fingerprint density at radius 2 is 2.06 bits per heavy atom. The predicted molar refractivity (Wildman–Crippen MR) is 67.5 cm³/mol. The molecule has 3 heteroatoms. The summed E-state index contributed by atoms with van der Waals surface area (Å²) in [6.45, 7) is 0.801. The zero-order chi connectivity index (χ0) is 11.4. The number of aliphatic hydroxyl groups excluding tert-OH is 1. The van der Waals surface area contributed by atoms with Gasteiger partial charge in [0.1, 0.15) is 5.75 Å². The summed E-state index contributed by atoms with van der Waals surface area (Å²) in [5.41, 5.74) is 0.854. The monoisotopic (exact) mass is 284 g/mol. The van der Waals surface area contributed by atoms with Gasteiger partial charge in [-0.15, -0.1) is 0 Å². The normalized spacial score (nSPS) is 16.6. The lowest BCUT2D eigenvalue weighted by Gasteiger charge is -2.15. The third-order valence-corrected chi connectivity index (χ3v) is 3.78. The van der Waals surface area contributed by atoms with Crippen molar-refractivity contribution in [1.82, 2.24) is 0 Å². The molecular weight excluding hydrogens is 268 g/mol. The van der Waals surface area contributed by atoms with Crippen LogP contribution in [0.3, 0.4) is 0 Å². The van der Waals surface area contributed by atoms with Crippen molar-refractivity contribution in [2.45, 2.75) is 32.3 Å². The van der Waals surface area contributed by atoms with Crippen molar-refractivity contribution in [2.75, 3.05) is 6.61 Å². The zero-order valence-electron chi connectivity index (χ0n) is 9.29. The van der Waals surface area contributed by atoms with Crippen molar-refractivity contribution in [3.05, 3.63) is 28.2 Å². The van der Waals surface area contributed by atoms with E-state index in [9.17, 15) is 5.11 Å². The van der Waals surface area contributed by atoms with Gasteiger partial charge in [0, 0.05) is 5.56 Å². The first-order valence-electron chi connectivity index (χ1n) is 5.82. The summed E-state index contributed by atoms with van der Waals surface area (Å²) in [6, 6.07) is 5.76. The Balaban J connectivity index is 2.01. The van der Waals surface area contributed by atoms with Crippen molar-refractivity contribution in [3.63, 3.8) is 0 Å². The van der Waals surface area contributed by atoms with Crippen molar-refractivity contribution in [1.29, 1.82) is 0 Å². The lowest BCUT2D eigenvalue weighted by molar-refractivity contribution is 0.233. The average molecular weight is 285 g/mol. The van der Waals surface area contributed by atoms with E-state index < -0.39 is 0 Å². The van der Waals surface area contributed by atoms with Crippen molar-refractivity contribution in [2.24, 2.45) is 5.92 Å². The highest BCUT2D eigenvalue weighted by Gasteiger charge is 2.17. The topological polar surface area (TPSA) is 29.5 Å². The van der Waals surface area contributed by atoms with Gasteiger partial charge in [-0.1, -0.05) is 25.0 Å². The number of halogens is 1. The van der Waals surface area contributed by atoms with Gasteiger partial charge in [0.05, 0.1) is 17.7 Å². The number of benzene rings is 1. The second-order valence-corrected chi connectivity index (χ2v) is 5.20. The summed E-state index contributed by atoms with van der Waals surface area (Å²) in [5.74, 6) is 1.50. The third kappa shape index (κ3) is 2.77. The van der Waals surface area contributed by atoms with Crippen LogP contribution in [0.1, 0.15) is 31.2 Å². The van der Waals surface area contributed by atoms with E-state index in [1.165, 1.54) is 25.7 Å². The van der Waals surface area contributed by atoms with Crippen LogP contribution in [0.25, 0.3) is 0 Å². The molecule has 88 valence electrons. The summed E-state index contributed by atoms with van der Waals surface area (Å²) in [5, 5.41) is 9.23. The molecule has 1 N–H and O–H groups in total. The van der Waals surface area contributed by atoms with Crippen LogP contribution >= 0.6 is 15.9 Å². The SMILES string of the molecule is OCc1cccc(Br)c1OCC1CCCC1. The Bertz CT molecular complexity index is 346. The lowest BCUT2D eigenvalue weighted by atomic mass is 10.1. The molecule has 1 fully saturated rings. The molecule has 2 nitrogen and oxygen atoms in total. The molecule has 0 radical (unpaired) electrons. The Hall–Kier alpha value is -0.540. The molecule has 0 heterocycles. The van der Waals surface area contributed by atoms with Crippen LogP contribution < -0.4 is 4.74 Å². The van der Waals surface area contributed by atoms with Gasteiger partial charge >= 0.3 is 0 Å². The van der Waals surface area contributed by atoms with Crippen LogP contribution in [0.4, 0.5) is 0 Å². The summed E-state index contributed by atoms with van der Waals surface area (Å²) in [7, 11) is 0. The second kappa shape index (κ2) is 5.69. The molecule has 1 aromatic carbocycles. The van der Waals surface area contributed by atoms with Crippen LogP contribution in [0, 0.1) is 5.92 Å². The number of ether oxygens (including phenoxy) is 1. The van der Waals surface area contributed by atoms with Crippen LogP contribution in [0.2, 0.25) is 0 Å². The predicted octanol–water partition coefficient (Wildman–Crippen LogP) is 3.51. The summed E-state index contributed by atoms with van der Waals surface area (Å²) >= 11 is 3.46. The van der Waals surface area contributed by atoms with E-state index in [4.69, 9.17) is 4.74 Å². The fourth-order valence-electron chi connectivity index (χ4n) is 2.22. The van der Waals surface area contributed by atoms with E-state index in [0.717, 1.165) is 22.4 Å². The molecule has 2 rings (SSSR count). The highest BCUT2D eigenvalue weighted by atomic mass is 79.9. The molecule has 1 aliphatic carbocycles. The maximum atomic E-state index is 9.23. The van der Waals surface area contributed by atoms with Gasteiger partial charge in [0.25, 0.3) is 0 Å². The molecule has 1 aromatic rings. The minimum Gasteiger partial charge on any atom is -0.492 e. The maximum absolute atomic E-state index is 9.23. The first-order chi connectivity index (χ1) is 7.81. The van der Waals surface area contributed by atoms with E-state index >= 15 is 0 Å². The standard InChI is InChI=1S/C13H17BrO2/c14-12-7-3-6-11(8-15)13(12)16-9-10-4-1-2-5-10/h3,6-7,10,15H,1-2,4-5,8-9H2. The fourth-order valence-corrected chi connectivity index (χ4v) is 2.74. The van der Waals surface area contributed by atoms with Crippen LogP contribution in [0.5, 0.6) is 5.75 Å². The molecule has 0 saturated heterocycles. The van der Waals surface area contributed by atoms with Gasteiger partial charge in [0.15, 0.2) is 0 Å². The largest absolute Gasteiger partial charge is 0.492 e. The van der Waals surface area contributed by atoms with E-state index in [1.807, 2.05) is 18.2 Å². The van der Waals surface area contributed by atoms with E-state index in [1.54, 1.807) is 0 Å². The summed E-state index contributed by atoms with van der Waals surface area (Å²) in [6.07, 6.45) is 5.21. The fraction of sp³-hybridized carbons (Fsp3) is 0.538. The molecule has 0 unspecified atom stereocenters. The Labute approximate surface area is 105 Å². The number of aliphatic hydroxyl groups is 1. The highest BCUT2D eigenvalue weighted by molar-refractivity contribution is 9.10. The van der Waals surface area contributed by atoms with Gasteiger partial charge in [-0.25, -0.2) is 0 Å². The van der Waals surface area contributed by atoms with E-state index in [2.05, 4.69) is 15.9 Å². The molecule has 1 saturated carbocycles. The Kier molecular flexibility index (Phi) is 4.24. The van der Waals surface area contributed by atoms with Crippen LogP contribution in [-0.2, 0) is 6.61 Å². The molecular formula is C13H17BrO2. The second-order valence-electron chi connectivity index (χ2n) is 4.35. The first-order valence-corrected chi connectivity index (χ1v) is 6.61. The van der Waals surface area contributed by atoms with Gasteiger partial charge < -0.3 is 9.84 Å². The minimum absolute atomic E-state index is 0.0272. The average Bonchev–Trinajstić information content (AvgIpc) is 2.80. The Morgan fingerprint density at radius 1 is 1.31 bits per heavy atom. The van der Waals surface area contributed by atoms with Crippen molar-refractivity contribution in [3.8, 4) is 5.75 Å². The minimum atomic E-state index is 0.0272. The van der Waals surface area contributed by atoms with Gasteiger partial charge in [-0.3, -0.25) is 0 Å². The third-order valence-electron chi connectivity index (χ3n) is 3.16. The lowest BCUT2D eigenvalue weighted by Crippen LogP contribution is -2.09. The Morgan fingerprint density at radius 3 is 2.75 bits per heavy atom. The number of hydrogen-bond donors (Lipinski definition) is 1. The summed E-state index contributed by atoms with van der Waals surface area (Å²) in [4.78, 5) is 0. The first kappa shape index (κ1) is 11.9. The van der Waals surface area contributed by atoms with E-state index in [-0.39, 0.29) is 6.61 Å². The van der Waals surface area contributed by atoms with Crippen LogP contribution in [0.15, 0.2) is 22.7 Å². The molecule has 0 bridgehead atoms. The van der Waals surface area contributed by atoms with E-state index in [0.29, 0.717) is 5.92 Å². The zero-order valence-corrected chi connectivity index (χ0v) is 10.9. The van der Waals surface area contributed by atoms with Gasteiger partial charge in [0.2, 0.25) is 0 Å². The molecule has 0 atom stereocenters. The smallest absolute Gasteiger partial charge is 0.138 e. The number of rotatable bonds is 4. The quantitative estimate of drug-likeness (QED) is 0.917. The van der Waals surface area contributed by atoms with Crippen LogP contribution in [-0.4, -0.2) is 11.7 Å². The number of para-hydroxylation sites is 1. The molecule has 0 aliphatic heterocycles. The number of hydrogen-bond acceptors (Lipinski definition) is 2. The summed E-state index contributed by atoms with van der Waals surface area (Å²) < 4.78 is 6.76. The molecule has 0 aromatic heterocycles.